The van der Waals surface area contributed by atoms with Gasteiger partial charge in [-0.25, -0.2) is 0 Å². The maximum atomic E-state index is 12.1. The number of carbonyl (C=O) groups excluding carboxylic acids is 1. The number of carbonyl (C=O) groups is 1. The summed E-state index contributed by atoms with van der Waals surface area (Å²) in [6.45, 7) is 2.58. The van der Waals surface area contributed by atoms with Crippen molar-refractivity contribution in [3.05, 3.63) is 77.6 Å². The number of hydrogen-bond donors (Lipinski definition) is 2. The largest absolute Gasteiger partial charge is 0.363 e. The van der Waals surface area contributed by atoms with Crippen molar-refractivity contribution in [1.29, 1.82) is 0 Å². The van der Waals surface area contributed by atoms with Crippen molar-refractivity contribution < 1.29 is 4.79 Å². The molecule has 0 saturated carbocycles. The lowest BCUT2D eigenvalue weighted by Crippen LogP contribution is -2.16. The summed E-state index contributed by atoms with van der Waals surface area (Å²) in [5.41, 5.74) is 3.05. The van der Waals surface area contributed by atoms with Gasteiger partial charge in [-0.1, -0.05) is 35.9 Å². The van der Waals surface area contributed by atoms with Crippen molar-refractivity contribution in [3.63, 3.8) is 0 Å². The molecular weight excluding hydrogens is 314 g/mol. The molecule has 3 aromatic rings. The molecule has 0 atom stereocenters. The van der Waals surface area contributed by atoms with Crippen LogP contribution in [0.15, 0.2) is 60.8 Å². The van der Waals surface area contributed by atoms with Crippen LogP contribution in [0.4, 0.5) is 11.6 Å². The Labute approximate surface area is 146 Å². The second kappa shape index (κ2) is 8.01. The number of anilines is 2. The molecule has 0 aliphatic carbocycles. The third-order valence-corrected chi connectivity index (χ3v) is 3.59. The molecule has 0 aliphatic rings. The van der Waals surface area contributed by atoms with E-state index in [9.17, 15) is 4.79 Å². The smallest absolute Gasteiger partial charge is 0.229 e. The zero-order valence-electron chi connectivity index (χ0n) is 13.9. The molecule has 0 bridgehead atoms. The van der Waals surface area contributed by atoms with Gasteiger partial charge in [-0.15, -0.1) is 10.2 Å². The van der Waals surface area contributed by atoms with Gasteiger partial charge in [0.2, 0.25) is 5.91 Å². The van der Waals surface area contributed by atoms with Crippen LogP contribution in [0.25, 0.3) is 0 Å². The summed E-state index contributed by atoms with van der Waals surface area (Å²) in [5, 5.41) is 14.0. The molecule has 2 heterocycles. The number of rotatable bonds is 6. The fourth-order valence-electron chi connectivity index (χ4n) is 2.26. The molecule has 0 radical (unpaired) electrons. The molecular formula is C19H19N5O. The minimum Gasteiger partial charge on any atom is -0.363 e. The Morgan fingerprint density at radius 1 is 0.960 bits per heavy atom. The highest BCUT2D eigenvalue weighted by Gasteiger charge is 2.06. The van der Waals surface area contributed by atoms with E-state index >= 15 is 0 Å². The number of nitrogens with zero attached hydrogens (tertiary/aromatic N) is 3. The molecule has 0 fully saturated rings. The fourth-order valence-corrected chi connectivity index (χ4v) is 2.26. The van der Waals surface area contributed by atoms with Crippen LogP contribution in [0.1, 0.15) is 16.8 Å². The first-order chi connectivity index (χ1) is 12.2. The van der Waals surface area contributed by atoms with Crippen LogP contribution in [-0.4, -0.2) is 21.1 Å². The minimum atomic E-state index is -0.118. The summed E-state index contributed by atoms with van der Waals surface area (Å²) in [7, 11) is 0. The SMILES string of the molecule is Cc1ccc(CC(=O)Nc2ccc(NCc3ccccn3)nn2)cc1. The number of pyridine rings is 1. The van der Waals surface area contributed by atoms with Crippen molar-refractivity contribution in [2.24, 2.45) is 0 Å². The molecule has 1 aromatic carbocycles. The second-order valence-corrected chi connectivity index (χ2v) is 5.69. The maximum Gasteiger partial charge on any atom is 0.229 e. The lowest BCUT2D eigenvalue weighted by molar-refractivity contribution is -0.115. The van der Waals surface area contributed by atoms with Crippen molar-refractivity contribution in [3.8, 4) is 0 Å². The fraction of sp³-hybridized carbons (Fsp3) is 0.158. The van der Waals surface area contributed by atoms with Crippen LogP contribution in [0.2, 0.25) is 0 Å². The van der Waals surface area contributed by atoms with Crippen LogP contribution >= 0.6 is 0 Å². The van der Waals surface area contributed by atoms with E-state index in [0.29, 0.717) is 24.6 Å². The summed E-state index contributed by atoms with van der Waals surface area (Å²) in [4.78, 5) is 16.3. The normalized spacial score (nSPS) is 10.3. The highest BCUT2D eigenvalue weighted by molar-refractivity contribution is 5.91. The first kappa shape index (κ1) is 16.6. The van der Waals surface area contributed by atoms with E-state index in [0.717, 1.165) is 11.3 Å². The van der Waals surface area contributed by atoms with Crippen molar-refractivity contribution in [1.82, 2.24) is 15.2 Å². The van der Waals surface area contributed by atoms with Gasteiger partial charge in [-0.05, 0) is 36.8 Å². The lowest BCUT2D eigenvalue weighted by atomic mass is 10.1. The van der Waals surface area contributed by atoms with E-state index < -0.39 is 0 Å². The standard InChI is InChI=1S/C19H19N5O/c1-14-5-7-15(8-6-14)12-19(25)22-18-10-9-17(23-24-18)21-13-16-4-2-3-11-20-16/h2-11H,12-13H2,1H3,(H,21,23)(H,22,24,25). The minimum absolute atomic E-state index is 0.118. The van der Waals surface area contributed by atoms with Crippen molar-refractivity contribution in [2.75, 3.05) is 10.6 Å². The Morgan fingerprint density at radius 3 is 2.40 bits per heavy atom. The van der Waals surface area contributed by atoms with Gasteiger partial charge < -0.3 is 10.6 Å². The monoisotopic (exact) mass is 333 g/mol. The summed E-state index contributed by atoms with van der Waals surface area (Å²) < 4.78 is 0. The summed E-state index contributed by atoms with van der Waals surface area (Å²) in [6.07, 6.45) is 2.05. The van der Waals surface area contributed by atoms with Crippen LogP contribution in [0, 0.1) is 6.92 Å². The Hall–Kier alpha value is -3.28. The van der Waals surface area contributed by atoms with Gasteiger partial charge in [0.05, 0.1) is 18.7 Å². The van der Waals surface area contributed by atoms with E-state index in [1.165, 1.54) is 5.56 Å². The zero-order chi connectivity index (χ0) is 17.5. The van der Waals surface area contributed by atoms with Gasteiger partial charge in [-0.3, -0.25) is 9.78 Å². The highest BCUT2D eigenvalue weighted by atomic mass is 16.1. The number of benzene rings is 1. The Balaban J connectivity index is 1.51. The molecule has 0 spiro atoms. The molecule has 0 saturated heterocycles. The quantitative estimate of drug-likeness (QED) is 0.725. The second-order valence-electron chi connectivity index (χ2n) is 5.69. The number of hydrogen-bond acceptors (Lipinski definition) is 5. The van der Waals surface area contributed by atoms with Gasteiger partial charge >= 0.3 is 0 Å². The molecule has 126 valence electrons. The molecule has 6 heteroatoms. The Morgan fingerprint density at radius 2 is 1.72 bits per heavy atom. The molecule has 2 aromatic heterocycles. The Kier molecular flexibility index (Phi) is 5.31. The third kappa shape index (κ3) is 5.10. The molecule has 3 rings (SSSR count). The lowest BCUT2D eigenvalue weighted by Gasteiger charge is -2.07. The molecule has 25 heavy (non-hydrogen) atoms. The van der Waals surface area contributed by atoms with Crippen molar-refractivity contribution >= 4 is 17.5 Å². The predicted octanol–water partition coefficient (Wildman–Crippen LogP) is 2.97. The van der Waals surface area contributed by atoms with Crippen LogP contribution in [-0.2, 0) is 17.8 Å². The first-order valence-electron chi connectivity index (χ1n) is 8.02. The first-order valence-corrected chi connectivity index (χ1v) is 8.02. The number of nitrogens with one attached hydrogen (secondary N) is 2. The number of aryl methyl sites for hydroxylation is 1. The predicted molar refractivity (Wildman–Crippen MR) is 97.1 cm³/mol. The van der Waals surface area contributed by atoms with E-state index in [4.69, 9.17) is 0 Å². The Bertz CT molecular complexity index is 817. The van der Waals surface area contributed by atoms with Gasteiger partial charge in [0.1, 0.15) is 5.82 Å². The highest BCUT2D eigenvalue weighted by Crippen LogP contribution is 2.09. The van der Waals surface area contributed by atoms with Crippen LogP contribution in [0.5, 0.6) is 0 Å². The van der Waals surface area contributed by atoms with E-state index in [1.54, 1.807) is 18.3 Å². The molecule has 1 amide bonds. The number of amides is 1. The topological polar surface area (TPSA) is 79.8 Å². The van der Waals surface area contributed by atoms with Crippen LogP contribution < -0.4 is 10.6 Å². The van der Waals surface area contributed by atoms with Gasteiger partial charge in [0.15, 0.2) is 5.82 Å². The van der Waals surface area contributed by atoms with E-state index in [1.807, 2.05) is 49.4 Å². The number of aromatic nitrogens is 3. The van der Waals surface area contributed by atoms with E-state index in [-0.39, 0.29) is 5.91 Å². The zero-order valence-corrected chi connectivity index (χ0v) is 13.9. The molecule has 2 N–H and O–H groups in total. The van der Waals surface area contributed by atoms with Crippen LogP contribution in [0.3, 0.4) is 0 Å². The van der Waals surface area contributed by atoms with Gasteiger partial charge in [-0.2, -0.15) is 0 Å². The summed E-state index contributed by atoms with van der Waals surface area (Å²) >= 11 is 0. The summed E-state index contributed by atoms with van der Waals surface area (Å²) in [5.74, 6) is 0.940. The molecule has 0 unspecified atom stereocenters. The summed E-state index contributed by atoms with van der Waals surface area (Å²) in [6, 6.07) is 17.1. The van der Waals surface area contributed by atoms with Gasteiger partial charge in [0.25, 0.3) is 0 Å². The average Bonchev–Trinajstić information content (AvgIpc) is 2.64. The molecule has 6 nitrogen and oxygen atoms in total. The average molecular weight is 333 g/mol. The molecule has 0 aliphatic heterocycles. The maximum absolute atomic E-state index is 12.1. The van der Waals surface area contributed by atoms with Crippen molar-refractivity contribution in [2.45, 2.75) is 19.9 Å². The van der Waals surface area contributed by atoms with E-state index in [2.05, 4.69) is 25.8 Å². The third-order valence-electron chi connectivity index (χ3n) is 3.59. The van der Waals surface area contributed by atoms with Gasteiger partial charge in [0, 0.05) is 6.20 Å².